The number of piperazine rings is 1. The van der Waals surface area contributed by atoms with E-state index in [0.717, 1.165) is 41.9 Å². The van der Waals surface area contributed by atoms with E-state index in [2.05, 4.69) is 33.2 Å². The second-order valence-electron chi connectivity index (χ2n) is 5.24. The number of nitrogens with one attached hydrogen (secondary N) is 1. The molecule has 1 saturated heterocycles. The number of hydrogen-bond donors (Lipinski definition) is 1. The number of likely N-dealkylation sites (N-methyl/N-ethyl adjacent to an activating group) is 1. The molecule has 1 aromatic rings. The molecule has 0 radical (unpaired) electrons. The molecule has 0 bridgehead atoms. The van der Waals surface area contributed by atoms with E-state index < -0.39 is 0 Å². The molecule has 0 spiro atoms. The van der Waals surface area contributed by atoms with Gasteiger partial charge in [0.25, 0.3) is 0 Å². The third-order valence-electron chi connectivity index (χ3n) is 3.69. The second-order valence-corrected chi connectivity index (χ2v) is 6.09. The summed E-state index contributed by atoms with van der Waals surface area (Å²) in [4.78, 5) is 16.4. The van der Waals surface area contributed by atoms with Gasteiger partial charge in [0.15, 0.2) is 0 Å². The van der Waals surface area contributed by atoms with Gasteiger partial charge in [0.05, 0.1) is 13.2 Å². The Morgan fingerprint density at radius 2 is 2.05 bits per heavy atom. The molecular formula is C15H22BrN3O2. The van der Waals surface area contributed by atoms with E-state index in [4.69, 9.17) is 4.74 Å². The predicted molar refractivity (Wildman–Crippen MR) is 87.4 cm³/mol. The van der Waals surface area contributed by atoms with Gasteiger partial charge >= 0.3 is 0 Å². The highest BCUT2D eigenvalue weighted by molar-refractivity contribution is 9.10. The summed E-state index contributed by atoms with van der Waals surface area (Å²) in [5.74, 6) is 0.145. The number of carbonyl (C=O) groups is 1. The molecule has 1 aliphatic heterocycles. The molecule has 0 aromatic heterocycles. The van der Waals surface area contributed by atoms with Crippen molar-refractivity contribution < 1.29 is 9.53 Å². The molecule has 6 heteroatoms. The van der Waals surface area contributed by atoms with Crippen LogP contribution in [-0.2, 0) is 16.1 Å². The third-order valence-corrected chi connectivity index (χ3v) is 4.44. The summed E-state index contributed by atoms with van der Waals surface area (Å²) in [5.41, 5.74) is 1.97. The van der Waals surface area contributed by atoms with Crippen molar-refractivity contribution in [1.82, 2.24) is 9.80 Å². The molecule has 116 valence electrons. The number of anilines is 1. The average Bonchev–Trinajstić information content (AvgIpc) is 2.48. The van der Waals surface area contributed by atoms with Crippen LogP contribution in [0.15, 0.2) is 22.7 Å². The standard InChI is InChI=1S/C15H22BrN3O2/c1-18-6-8-19(9-7-18)15(20)10-17-14-5-3-4-13(16)12(14)11-21-2/h3-5,17H,6-11H2,1-2H3. The Labute approximate surface area is 134 Å². The Hall–Kier alpha value is -1.11. The molecular weight excluding hydrogens is 334 g/mol. The normalized spacial score (nSPS) is 16.0. The lowest BCUT2D eigenvalue weighted by Gasteiger charge is -2.32. The predicted octanol–water partition coefficient (Wildman–Crippen LogP) is 1.78. The van der Waals surface area contributed by atoms with Gasteiger partial charge in [-0.1, -0.05) is 22.0 Å². The minimum absolute atomic E-state index is 0.145. The average molecular weight is 356 g/mol. The fraction of sp³-hybridized carbons (Fsp3) is 0.533. The van der Waals surface area contributed by atoms with Crippen molar-refractivity contribution in [1.29, 1.82) is 0 Å². The van der Waals surface area contributed by atoms with E-state index in [9.17, 15) is 4.79 Å². The van der Waals surface area contributed by atoms with Crippen LogP contribution in [-0.4, -0.2) is 62.6 Å². The molecule has 1 amide bonds. The van der Waals surface area contributed by atoms with Crippen LogP contribution in [0.1, 0.15) is 5.56 Å². The highest BCUT2D eigenvalue weighted by Crippen LogP contribution is 2.25. The number of amides is 1. The lowest BCUT2D eigenvalue weighted by Crippen LogP contribution is -2.48. The minimum Gasteiger partial charge on any atom is -0.380 e. The summed E-state index contributed by atoms with van der Waals surface area (Å²) in [5, 5.41) is 3.23. The fourth-order valence-electron chi connectivity index (χ4n) is 2.35. The third kappa shape index (κ3) is 4.43. The Kier molecular flexibility index (Phi) is 6.02. The molecule has 0 saturated carbocycles. The van der Waals surface area contributed by atoms with Gasteiger partial charge in [-0.15, -0.1) is 0 Å². The van der Waals surface area contributed by atoms with E-state index in [1.54, 1.807) is 7.11 Å². The first kappa shape index (κ1) is 16.3. The van der Waals surface area contributed by atoms with Crippen LogP contribution in [0.5, 0.6) is 0 Å². The summed E-state index contributed by atoms with van der Waals surface area (Å²) >= 11 is 3.52. The smallest absolute Gasteiger partial charge is 0.241 e. The van der Waals surface area contributed by atoms with Crippen molar-refractivity contribution >= 4 is 27.5 Å². The van der Waals surface area contributed by atoms with Crippen LogP contribution in [0.2, 0.25) is 0 Å². The molecule has 1 heterocycles. The van der Waals surface area contributed by atoms with Crippen molar-refractivity contribution in [2.45, 2.75) is 6.61 Å². The Bertz CT molecular complexity index is 488. The number of benzene rings is 1. The van der Waals surface area contributed by atoms with E-state index in [1.807, 2.05) is 23.1 Å². The van der Waals surface area contributed by atoms with E-state index in [1.165, 1.54) is 0 Å². The summed E-state index contributed by atoms with van der Waals surface area (Å²) in [7, 11) is 3.75. The quantitative estimate of drug-likeness (QED) is 0.874. The van der Waals surface area contributed by atoms with Crippen LogP contribution in [0.3, 0.4) is 0 Å². The molecule has 0 aliphatic carbocycles. The zero-order chi connectivity index (χ0) is 15.2. The van der Waals surface area contributed by atoms with E-state index in [0.29, 0.717) is 13.2 Å². The van der Waals surface area contributed by atoms with Gasteiger partial charge in [-0.25, -0.2) is 0 Å². The van der Waals surface area contributed by atoms with Crippen LogP contribution in [0, 0.1) is 0 Å². The maximum atomic E-state index is 12.2. The van der Waals surface area contributed by atoms with Crippen molar-refractivity contribution in [3.05, 3.63) is 28.2 Å². The number of halogens is 1. The van der Waals surface area contributed by atoms with Gasteiger partial charge < -0.3 is 19.9 Å². The zero-order valence-electron chi connectivity index (χ0n) is 12.6. The molecule has 2 rings (SSSR count). The second kappa shape index (κ2) is 7.77. The molecule has 21 heavy (non-hydrogen) atoms. The van der Waals surface area contributed by atoms with E-state index >= 15 is 0 Å². The number of rotatable bonds is 5. The van der Waals surface area contributed by atoms with Crippen LogP contribution >= 0.6 is 15.9 Å². The molecule has 1 fully saturated rings. The van der Waals surface area contributed by atoms with Gasteiger partial charge in [-0.05, 0) is 19.2 Å². The number of hydrogen-bond acceptors (Lipinski definition) is 4. The number of ether oxygens (including phenoxy) is 1. The molecule has 1 aromatic carbocycles. The van der Waals surface area contributed by atoms with Gasteiger partial charge in [-0.2, -0.15) is 0 Å². The van der Waals surface area contributed by atoms with E-state index in [-0.39, 0.29) is 5.91 Å². The maximum absolute atomic E-state index is 12.2. The number of nitrogens with zero attached hydrogens (tertiary/aromatic N) is 2. The first-order valence-corrected chi connectivity index (χ1v) is 7.87. The van der Waals surface area contributed by atoms with Crippen molar-refractivity contribution in [2.75, 3.05) is 52.2 Å². The Morgan fingerprint density at radius 1 is 1.33 bits per heavy atom. The summed E-state index contributed by atoms with van der Waals surface area (Å²) < 4.78 is 6.20. The van der Waals surface area contributed by atoms with Crippen LogP contribution < -0.4 is 5.32 Å². The topological polar surface area (TPSA) is 44.8 Å². The monoisotopic (exact) mass is 355 g/mol. The first-order chi connectivity index (χ1) is 10.1. The largest absolute Gasteiger partial charge is 0.380 e. The molecule has 1 N–H and O–H groups in total. The molecule has 0 atom stereocenters. The van der Waals surface area contributed by atoms with Crippen LogP contribution in [0.4, 0.5) is 5.69 Å². The highest BCUT2D eigenvalue weighted by atomic mass is 79.9. The van der Waals surface area contributed by atoms with Gasteiger partial charge in [0, 0.05) is 49.0 Å². The lowest BCUT2D eigenvalue weighted by molar-refractivity contribution is -0.130. The first-order valence-electron chi connectivity index (χ1n) is 7.08. The molecule has 0 unspecified atom stereocenters. The lowest BCUT2D eigenvalue weighted by atomic mass is 10.2. The minimum atomic E-state index is 0.145. The van der Waals surface area contributed by atoms with Gasteiger partial charge in [0.1, 0.15) is 0 Å². The Balaban J connectivity index is 1.93. The fourth-order valence-corrected chi connectivity index (χ4v) is 2.83. The zero-order valence-corrected chi connectivity index (χ0v) is 14.1. The summed E-state index contributed by atoms with van der Waals surface area (Å²) in [6, 6.07) is 5.89. The van der Waals surface area contributed by atoms with Crippen molar-refractivity contribution in [2.24, 2.45) is 0 Å². The molecule has 1 aliphatic rings. The summed E-state index contributed by atoms with van der Waals surface area (Å²) in [6.45, 7) is 4.32. The SMILES string of the molecule is COCc1c(Br)cccc1NCC(=O)N1CCN(C)CC1. The summed E-state index contributed by atoms with van der Waals surface area (Å²) in [6.07, 6.45) is 0. The number of methoxy groups -OCH3 is 1. The number of carbonyl (C=O) groups excluding carboxylic acids is 1. The molecule has 5 nitrogen and oxygen atoms in total. The Morgan fingerprint density at radius 3 is 2.71 bits per heavy atom. The van der Waals surface area contributed by atoms with Crippen LogP contribution in [0.25, 0.3) is 0 Å². The van der Waals surface area contributed by atoms with Crippen molar-refractivity contribution in [3.63, 3.8) is 0 Å². The van der Waals surface area contributed by atoms with Gasteiger partial charge in [0.2, 0.25) is 5.91 Å². The van der Waals surface area contributed by atoms with Gasteiger partial charge in [-0.3, -0.25) is 4.79 Å². The highest BCUT2D eigenvalue weighted by Gasteiger charge is 2.19. The van der Waals surface area contributed by atoms with Crippen molar-refractivity contribution in [3.8, 4) is 0 Å². The maximum Gasteiger partial charge on any atom is 0.241 e.